The van der Waals surface area contributed by atoms with Crippen molar-refractivity contribution in [2.75, 3.05) is 0 Å². The van der Waals surface area contributed by atoms with Gasteiger partial charge in [-0.25, -0.2) is 0 Å². The van der Waals surface area contributed by atoms with Crippen molar-refractivity contribution in [3.05, 3.63) is 66.2 Å². The van der Waals surface area contributed by atoms with Gasteiger partial charge in [-0.05, 0) is 37.1 Å². The van der Waals surface area contributed by atoms with Gasteiger partial charge in [0.25, 0.3) is 0 Å². The third-order valence-electron chi connectivity index (χ3n) is 2.80. The molecule has 2 aromatic rings. The molecule has 2 rings (SSSR count). The van der Waals surface area contributed by atoms with Gasteiger partial charge in [0.05, 0.1) is 6.10 Å². The first-order valence-electron chi connectivity index (χ1n) is 6.79. The molecule has 0 fully saturated rings. The molecule has 0 bridgehead atoms. The molecular formula is C18H20O2. The standard InChI is InChI=1S/C18H20O2/c1-4-15-10-11-17(20-14(2)3)18(12-15)19-13-16-8-6-5-7-9-16/h4-12,14H,1,13H2,2-3H3. The molecule has 0 aliphatic rings. The first-order valence-corrected chi connectivity index (χ1v) is 6.79. The van der Waals surface area contributed by atoms with E-state index in [2.05, 4.69) is 6.58 Å². The minimum Gasteiger partial charge on any atom is -0.487 e. The van der Waals surface area contributed by atoms with Crippen molar-refractivity contribution >= 4 is 6.08 Å². The summed E-state index contributed by atoms with van der Waals surface area (Å²) in [6, 6.07) is 15.9. The monoisotopic (exact) mass is 268 g/mol. The Kier molecular flexibility index (Phi) is 4.83. The zero-order valence-electron chi connectivity index (χ0n) is 12.0. The van der Waals surface area contributed by atoms with Crippen molar-refractivity contribution in [2.45, 2.75) is 26.6 Å². The zero-order chi connectivity index (χ0) is 14.4. The van der Waals surface area contributed by atoms with E-state index >= 15 is 0 Å². The molecule has 0 unspecified atom stereocenters. The van der Waals surface area contributed by atoms with Crippen LogP contribution in [0.2, 0.25) is 0 Å². The van der Waals surface area contributed by atoms with Crippen LogP contribution in [0.1, 0.15) is 25.0 Å². The topological polar surface area (TPSA) is 18.5 Å². The Bertz CT molecular complexity index is 559. The Balaban J connectivity index is 2.17. The highest BCUT2D eigenvalue weighted by molar-refractivity contribution is 5.54. The number of benzene rings is 2. The van der Waals surface area contributed by atoms with E-state index in [-0.39, 0.29) is 6.10 Å². The van der Waals surface area contributed by atoms with Gasteiger partial charge < -0.3 is 9.47 Å². The smallest absolute Gasteiger partial charge is 0.162 e. The molecule has 0 saturated carbocycles. The van der Waals surface area contributed by atoms with E-state index in [0.29, 0.717) is 6.61 Å². The third-order valence-corrected chi connectivity index (χ3v) is 2.80. The van der Waals surface area contributed by atoms with Crippen LogP contribution in [0.15, 0.2) is 55.1 Å². The van der Waals surface area contributed by atoms with Gasteiger partial charge in [0.2, 0.25) is 0 Å². The van der Waals surface area contributed by atoms with Crippen LogP contribution in [-0.4, -0.2) is 6.10 Å². The van der Waals surface area contributed by atoms with E-state index in [9.17, 15) is 0 Å². The number of rotatable bonds is 6. The molecule has 0 radical (unpaired) electrons. The van der Waals surface area contributed by atoms with Gasteiger partial charge in [-0.1, -0.05) is 49.1 Å². The van der Waals surface area contributed by atoms with Gasteiger partial charge in [0, 0.05) is 0 Å². The fourth-order valence-electron chi connectivity index (χ4n) is 1.85. The van der Waals surface area contributed by atoms with E-state index in [1.165, 1.54) is 0 Å². The van der Waals surface area contributed by atoms with Gasteiger partial charge in [-0.15, -0.1) is 0 Å². The molecule has 0 N–H and O–H groups in total. The highest BCUT2D eigenvalue weighted by Gasteiger charge is 2.08. The molecule has 0 atom stereocenters. The van der Waals surface area contributed by atoms with Crippen LogP contribution in [-0.2, 0) is 6.61 Å². The van der Waals surface area contributed by atoms with Gasteiger partial charge in [0.15, 0.2) is 11.5 Å². The van der Waals surface area contributed by atoms with Crippen LogP contribution in [0.4, 0.5) is 0 Å². The second-order valence-corrected chi connectivity index (χ2v) is 4.85. The van der Waals surface area contributed by atoms with E-state index < -0.39 is 0 Å². The van der Waals surface area contributed by atoms with Crippen LogP contribution in [0.25, 0.3) is 6.08 Å². The summed E-state index contributed by atoms with van der Waals surface area (Å²) < 4.78 is 11.7. The molecular weight excluding hydrogens is 248 g/mol. The maximum absolute atomic E-state index is 5.89. The van der Waals surface area contributed by atoms with Crippen molar-refractivity contribution in [2.24, 2.45) is 0 Å². The summed E-state index contributed by atoms with van der Waals surface area (Å²) in [7, 11) is 0. The highest BCUT2D eigenvalue weighted by atomic mass is 16.5. The zero-order valence-corrected chi connectivity index (χ0v) is 12.0. The van der Waals surface area contributed by atoms with E-state index in [4.69, 9.17) is 9.47 Å². The predicted molar refractivity (Wildman–Crippen MR) is 83.1 cm³/mol. The Morgan fingerprint density at radius 3 is 2.45 bits per heavy atom. The van der Waals surface area contributed by atoms with Crippen LogP contribution in [0, 0.1) is 0 Å². The van der Waals surface area contributed by atoms with Gasteiger partial charge >= 0.3 is 0 Å². The molecule has 2 heteroatoms. The molecule has 0 spiro atoms. The third kappa shape index (κ3) is 3.89. The van der Waals surface area contributed by atoms with Crippen LogP contribution in [0.3, 0.4) is 0 Å². The number of ether oxygens (including phenoxy) is 2. The van der Waals surface area contributed by atoms with Gasteiger partial charge in [-0.3, -0.25) is 0 Å². The normalized spacial score (nSPS) is 10.3. The Hall–Kier alpha value is -2.22. The molecule has 0 saturated heterocycles. The number of hydrogen-bond donors (Lipinski definition) is 0. The minimum absolute atomic E-state index is 0.114. The lowest BCUT2D eigenvalue weighted by molar-refractivity contribution is 0.218. The number of hydrogen-bond acceptors (Lipinski definition) is 2. The van der Waals surface area contributed by atoms with Crippen LogP contribution >= 0.6 is 0 Å². The molecule has 0 aliphatic heterocycles. The first kappa shape index (κ1) is 14.2. The summed E-state index contributed by atoms with van der Waals surface area (Å²) in [5.74, 6) is 1.52. The molecule has 20 heavy (non-hydrogen) atoms. The quantitative estimate of drug-likeness (QED) is 0.756. The second-order valence-electron chi connectivity index (χ2n) is 4.85. The second kappa shape index (κ2) is 6.80. The van der Waals surface area contributed by atoms with Crippen molar-refractivity contribution in [3.8, 4) is 11.5 Å². The molecule has 2 nitrogen and oxygen atoms in total. The summed E-state index contributed by atoms with van der Waals surface area (Å²) >= 11 is 0. The molecule has 0 heterocycles. The molecule has 2 aromatic carbocycles. The van der Waals surface area contributed by atoms with Crippen molar-refractivity contribution in [1.82, 2.24) is 0 Å². The average Bonchev–Trinajstić information content (AvgIpc) is 2.47. The Labute approximate surface area is 120 Å². The largest absolute Gasteiger partial charge is 0.487 e. The summed E-state index contributed by atoms with van der Waals surface area (Å²) in [5.41, 5.74) is 2.15. The Morgan fingerprint density at radius 2 is 1.80 bits per heavy atom. The molecule has 0 aromatic heterocycles. The fraction of sp³-hybridized carbons (Fsp3) is 0.222. The van der Waals surface area contributed by atoms with Crippen molar-refractivity contribution in [1.29, 1.82) is 0 Å². The highest BCUT2D eigenvalue weighted by Crippen LogP contribution is 2.30. The lowest BCUT2D eigenvalue weighted by Crippen LogP contribution is -2.07. The van der Waals surface area contributed by atoms with Crippen LogP contribution in [0.5, 0.6) is 11.5 Å². The summed E-state index contributed by atoms with van der Waals surface area (Å²) in [4.78, 5) is 0. The van der Waals surface area contributed by atoms with E-state index in [1.807, 2.05) is 62.4 Å². The molecule has 0 aliphatic carbocycles. The summed E-state index contributed by atoms with van der Waals surface area (Å²) in [6.45, 7) is 8.31. The summed E-state index contributed by atoms with van der Waals surface area (Å²) in [5, 5.41) is 0. The lowest BCUT2D eigenvalue weighted by atomic mass is 10.2. The van der Waals surface area contributed by atoms with E-state index in [1.54, 1.807) is 6.08 Å². The minimum atomic E-state index is 0.114. The van der Waals surface area contributed by atoms with Crippen molar-refractivity contribution in [3.63, 3.8) is 0 Å². The Morgan fingerprint density at radius 1 is 1.05 bits per heavy atom. The lowest BCUT2D eigenvalue weighted by Gasteiger charge is -2.15. The van der Waals surface area contributed by atoms with E-state index in [0.717, 1.165) is 22.6 Å². The predicted octanol–water partition coefficient (Wildman–Crippen LogP) is 4.70. The maximum atomic E-state index is 5.89. The molecule has 0 amide bonds. The van der Waals surface area contributed by atoms with Crippen LogP contribution < -0.4 is 9.47 Å². The SMILES string of the molecule is C=Cc1ccc(OC(C)C)c(OCc2ccccc2)c1. The molecule has 104 valence electrons. The first-order chi connectivity index (χ1) is 9.69. The fourth-order valence-corrected chi connectivity index (χ4v) is 1.85. The van der Waals surface area contributed by atoms with Gasteiger partial charge in [0.1, 0.15) is 6.61 Å². The van der Waals surface area contributed by atoms with Crippen molar-refractivity contribution < 1.29 is 9.47 Å². The maximum Gasteiger partial charge on any atom is 0.162 e. The average molecular weight is 268 g/mol. The van der Waals surface area contributed by atoms with Gasteiger partial charge in [-0.2, -0.15) is 0 Å². The summed E-state index contributed by atoms with van der Waals surface area (Å²) in [6.07, 6.45) is 1.91.